The monoisotopic (exact) mass is 550 g/mol. The summed E-state index contributed by atoms with van der Waals surface area (Å²) >= 11 is 12.1. The maximum absolute atomic E-state index is 13.4. The minimum Gasteiger partial charge on any atom is -0.493 e. The Kier molecular flexibility index (Phi) is 9.62. The van der Waals surface area contributed by atoms with E-state index in [4.69, 9.17) is 32.7 Å². The molecule has 36 heavy (non-hydrogen) atoms. The Hall–Kier alpha value is -2.78. The third kappa shape index (κ3) is 7.13. The quantitative estimate of drug-likeness (QED) is 0.368. The van der Waals surface area contributed by atoms with E-state index in [9.17, 15) is 13.2 Å². The molecule has 0 fully saturated rings. The van der Waals surface area contributed by atoms with Gasteiger partial charge in [0.05, 0.1) is 35.7 Å². The van der Waals surface area contributed by atoms with Crippen molar-refractivity contribution in [2.24, 2.45) is 0 Å². The lowest BCUT2D eigenvalue weighted by atomic mass is 10.1. The summed E-state index contributed by atoms with van der Waals surface area (Å²) in [6, 6.07) is 16.9. The van der Waals surface area contributed by atoms with Crippen molar-refractivity contribution in [2.45, 2.75) is 24.8 Å². The van der Waals surface area contributed by atoms with Crippen LogP contribution in [0.4, 0.5) is 0 Å². The topological polar surface area (TPSA) is 84.9 Å². The van der Waals surface area contributed by atoms with E-state index >= 15 is 0 Å². The Balaban J connectivity index is 1.74. The van der Waals surface area contributed by atoms with E-state index in [2.05, 4.69) is 5.32 Å². The van der Waals surface area contributed by atoms with Gasteiger partial charge in [0.15, 0.2) is 11.5 Å². The van der Waals surface area contributed by atoms with Crippen molar-refractivity contribution in [3.05, 3.63) is 87.4 Å². The van der Waals surface area contributed by atoms with Crippen LogP contribution in [0.3, 0.4) is 0 Å². The number of hydrogen-bond acceptors (Lipinski definition) is 5. The van der Waals surface area contributed by atoms with E-state index in [1.807, 2.05) is 19.1 Å². The standard InChI is InChI=1S/C26H28Cl2N2O5S/c1-18-4-8-21(9-5-18)36(32,33)30(16-20-6-10-22(27)23(28)14-20)17-26(31)29-13-12-19-7-11-24(34-2)25(15-19)35-3/h4-11,14-15H,12-13,16-17H2,1-3H3,(H,29,31). The predicted octanol–water partition coefficient (Wildman–Crippen LogP) is 4.87. The maximum Gasteiger partial charge on any atom is 0.243 e. The third-order valence-electron chi connectivity index (χ3n) is 5.51. The number of nitrogens with zero attached hydrogens (tertiary/aromatic N) is 1. The number of carbonyl (C=O) groups excluding carboxylic acids is 1. The number of methoxy groups -OCH3 is 2. The lowest BCUT2D eigenvalue weighted by Gasteiger charge is -2.22. The smallest absolute Gasteiger partial charge is 0.243 e. The van der Waals surface area contributed by atoms with Crippen LogP contribution in [0.15, 0.2) is 65.6 Å². The van der Waals surface area contributed by atoms with Gasteiger partial charge in [0.25, 0.3) is 0 Å². The molecule has 0 saturated heterocycles. The van der Waals surface area contributed by atoms with Gasteiger partial charge >= 0.3 is 0 Å². The summed E-state index contributed by atoms with van der Waals surface area (Å²) in [5.41, 5.74) is 2.48. The van der Waals surface area contributed by atoms with E-state index < -0.39 is 15.9 Å². The molecule has 3 aromatic rings. The first kappa shape index (κ1) is 27.8. The van der Waals surface area contributed by atoms with E-state index in [0.717, 1.165) is 15.4 Å². The molecule has 0 atom stereocenters. The SMILES string of the molecule is COc1ccc(CCNC(=O)CN(Cc2ccc(Cl)c(Cl)c2)S(=O)(=O)c2ccc(C)cc2)cc1OC. The predicted molar refractivity (Wildman–Crippen MR) is 141 cm³/mol. The summed E-state index contributed by atoms with van der Waals surface area (Å²) in [7, 11) is -0.844. The summed E-state index contributed by atoms with van der Waals surface area (Å²) < 4.78 is 38.5. The number of benzene rings is 3. The number of ether oxygens (including phenoxy) is 2. The Morgan fingerprint density at radius 1 is 0.889 bits per heavy atom. The number of aryl methyl sites for hydroxylation is 1. The first-order chi connectivity index (χ1) is 17.1. The highest BCUT2D eigenvalue weighted by Gasteiger charge is 2.27. The van der Waals surface area contributed by atoms with Crippen LogP contribution in [-0.4, -0.2) is 45.9 Å². The van der Waals surface area contributed by atoms with Crippen molar-refractivity contribution in [2.75, 3.05) is 27.3 Å². The molecule has 0 spiro atoms. The second-order valence-corrected chi connectivity index (χ2v) is 10.9. The Morgan fingerprint density at radius 2 is 1.56 bits per heavy atom. The van der Waals surface area contributed by atoms with E-state index in [1.165, 1.54) is 12.1 Å². The van der Waals surface area contributed by atoms with Gasteiger partial charge in [-0.15, -0.1) is 0 Å². The van der Waals surface area contributed by atoms with Crippen LogP contribution < -0.4 is 14.8 Å². The number of nitrogens with one attached hydrogen (secondary N) is 1. The largest absolute Gasteiger partial charge is 0.493 e. The number of carbonyl (C=O) groups is 1. The first-order valence-electron chi connectivity index (χ1n) is 11.1. The van der Waals surface area contributed by atoms with Crippen molar-refractivity contribution in [3.8, 4) is 11.5 Å². The molecule has 0 unspecified atom stereocenters. The second-order valence-electron chi connectivity index (χ2n) is 8.12. The molecular weight excluding hydrogens is 523 g/mol. The van der Waals surface area contributed by atoms with E-state index in [-0.39, 0.29) is 18.0 Å². The van der Waals surface area contributed by atoms with E-state index in [0.29, 0.717) is 40.1 Å². The molecule has 0 aliphatic rings. The lowest BCUT2D eigenvalue weighted by molar-refractivity contribution is -0.121. The third-order valence-corrected chi connectivity index (χ3v) is 8.05. The molecule has 0 bridgehead atoms. The highest BCUT2D eigenvalue weighted by atomic mass is 35.5. The second kappa shape index (κ2) is 12.5. The lowest BCUT2D eigenvalue weighted by Crippen LogP contribution is -2.40. The van der Waals surface area contributed by atoms with Gasteiger partial charge < -0.3 is 14.8 Å². The number of sulfonamides is 1. The van der Waals surface area contributed by atoms with E-state index in [1.54, 1.807) is 50.6 Å². The normalized spacial score (nSPS) is 11.4. The van der Waals surface area contributed by atoms with Crippen LogP contribution in [0, 0.1) is 6.92 Å². The molecule has 7 nitrogen and oxygen atoms in total. The zero-order valence-corrected chi connectivity index (χ0v) is 22.6. The molecule has 1 amide bonds. The van der Waals surface area contributed by atoms with Gasteiger partial charge in [-0.1, -0.05) is 53.0 Å². The van der Waals surface area contributed by atoms with Gasteiger partial charge in [-0.3, -0.25) is 4.79 Å². The molecule has 0 aromatic heterocycles. The summed E-state index contributed by atoms with van der Waals surface area (Å²) in [6.07, 6.45) is 0.531. The highest BCUT2D eigenvalue weighted by Crippen LogP contribution is 2.28. The van der Waals surface area contributed by atoms with Gasteiger partial charge in [-0.25, -0.2) is 8.42 Å². The van der Waals surface area contributed by atoms with Gasteiger partial charge in [-0.2, -0.15) is 4.31 Å². The Morgan fingerprint density at radius 3 is 2.19 bits per heavy atom. The fraction of sp³-hybridized carbons (Fsp3) is 0.269. The Labute approximate surface area is 222 Å². The van der Waals surface area contributed by atoms with Crippen molar-refractivity contribution >= 4 is 39.1 Å². The molecule has 1 N–H and O–H groups in total. The molecule has 192 valence electrons. The molecular formula is C26H28Cl2N2O5S. The van der Waals surface area contributed by atoms with Crippen LogP contribution >= 0.6 is 23.2 Å². The molecule has 0 radical (unpaired) electrons. The highest BCUT2D eigenvalue weighted by molar-refractivity contribution is 7.89. The molecule has 0 aliphatic carbocycles. The minimum atomic E-state index is -3.96. The molecule has 3 rings (SSSR count). The number of amides is 1. The average molecular weight is 551 g/mol. The number of rotatable bonds is 11. The number of hydrogen-bond donors (Lipinski definition) is 1. The van der Waals surface area contributed by atoms with Crippen molar-refractivity contribution in [3.63, 3.8) is 0 Å². The minimum absolute atomic E-state index is 0.0454. The molecule has 10 heteroatoms. The zero-order valence-electron chi connectivity index (χ0n) is 20.3. The van der Waals surface area contributed by atoms with Gasteiger partial charge in [-0.05, 0) is 60.9 Å². The molecule has 0 saturated carbocycles. The summed E-state index contributed by atoms with van der Waals surface area (Å²) in [5.74, 6) is 0.786. The maximum atomic E-state index is 13.4. The van der Waals surface area contributed by atoms with Crippen LogP contribution in [0.2, 0.25) is 10.0 Å². The fourth-order valence-corrected chi connectivity index (χ4v) is 5.23. The van der Waals surface area contributed by atoms with Crippen molar-refractivity contribution in [1.82, 2.24) is 9.62 Å². The summed E-state index contributed by atoms with van der Waals surface area (Å²) in [4.78, 5) is 12.9. The molecule has 0 heterocycles. The van der Waals surface area contributed by atoms with Crippen LogP contribution in [0.25, 0.3) is 0 Å². The number of halogens is 2. The van der Waals surface area contributed by atoms with Crippen molar-refractivity contribution < 1.29 is 22.7 Å². The van der Waals surface area contributed by atoms with Gasteiger partial charge in [0.2, 0.25) is 15.9 Å². The zero-order chi connectivity index (χ0) is 26.3. The van der Waals surface area contributed by atoms with Gasteiger partial charge in [0.1, 0.15) is 0 Å². The first-order valence-corrected chi connectivity index (χ1v) is 13.3. The van der Waals surface area contributed by atoms with Crippen LogP contribution in [-0.2, 0) is 27.8 Å². The average Bonchev–Trinajstić information content (AvgIpc) is 2.86. The van der Waals surface area contributed by atoms with Crippen LogP contribution in [0.5, 0.6) is 11.5 Å². The van der Waals surface area contributed by atoms with Crippen molar-refractivity contribution in [1.29, 1.82) is 0 Å². The summed E-state index contributed by atoms with van der Waals surface area (Å²) in [6.45, 7) is 1.79. The Bertz CT molecular complexity index is 1310. The van der Waals surface area contributed by atoms with Crippen LogP contribution in [0.1, 0.15) is 16.7 Å². The summed E-state index contributed by atoms with van der Waals surface area (Å²) in [5, 5.41) is 3.47. The van der Waals surface area contributed by atoms with Gasteiger partial charge in [0, 0.05) is 13.1 Å². The molecule has 3 aromatic carbocycles. The molecule has 0 aliphatic heterocycles. The fourth-order valence-electron chi connectivity index (χ4n) is 3.53.